The van der Waals surface area contributed by atoms with Gasteiger partial charge in [0.25, 0.3) is 5.91 Å². The highest BCUT2D eigenvalue weighted by Crippen LogP contribution is 2.42. The number of amides is 1. The Morgan fingerprint density at radius 1 is 0.828 bits per heavy atom. The van der Waals surface area contributed by atoms with Crippen LogP contribution in [0.3, 0.4) is 0 Å². The summed E-state index contributed by atoms with van der Waals surface area (Å²) in [6, 6.07) is 26.1. The number of likely N-dealkylation sites (N-methyl/N-ethyl adjacent to an activating group) is 1. The average Bonchev–Trinajstić information content (AvgIpc) is 2.74. The monoisotopic (exact) mass is 513 g/mol. The number of benzene rings is 3. The van der Waals surface area contributed by atoms with E-state index in [1.54, 1.807) is 0 Å². The molecule has 3 atom stereocenters. The predicted molar refractivity (Wildman–Crippen MR) is 122 cm³/mol. The highest BCUT2D eigenvalue weighted by Gasteiger charge is 2.42. The molecule has 5 heteroatoms. The van der Waals surface area contributed by atoms with Gasteiger partial charge in [-0.05, 0) is 41.0 Å². The van der Waals surface area contributed by atoms with Crippen LogP contribution in [0.2, 0.25) is 0 Å². The van der Waals surface area contributed by atoms with Crippen LogP contribution in [-0.4, -0.2) is 24.0 Å². The summed E-state index contributed by atoms with van der Waals surface area (Å²) in [6.07, 6.45) is -0.201. The number of carbonyl (C=O) groups is 1. The Balaban J connectivity index is 1.71. The first-order valence-corrected chi connectivity index (χ1v) is 11.1. The lowest BCUT2D eigenvalue weighted by Crippen LogP contribution is -2.49. The van der Waals surface area contributed by atoms with Gasteiger partial charge in [-0.25, -0.2) is 0 Å². The summed E-state index contributed by atoms with van der Waals surface area (Å²) >= 11 is 7.00. The maximum absolute atomic E-state index is 13.2. The minimum Gasteiger partial charge on any atom is -0.358 e. The Labute approximate surface area is 187 Å². The number of ether oxygens (including phenoxy) is 1. The number of morpholine rings is 1. The molecule has 148 valence electrons. The van der Waals surface area contributed by atoms with Crippen LogP contribution < -0.4 is 0 Å². The fraction of sp³-hybridized carbons (Fsp3) is 0.208. The van der Waals surface area contributed by atoms with Crippen LogP contribution in [0.4, 0.5) is 0 Å². The normalized spacial score (nSPS) is 22.0. The average molecular weight is 515 g/mol. The zero-order chi connectivity index (χ0) is 20.4. The maximum Gasteiger partial charge on any atom is 0.252 e. The van der Waals surface area contributed by atoms with E-state index in [0.717, 1.165) is 25.6 Å². The molecule has 1 aliphatic heterocycles. The molecule has 0 aliphatic carbocycles. The summed E-state index contributed by atoms with van der Waals surface area (Å²) in [5.74, 6) is 0.00938. The van der Waals surface area contributed by atoms with Gasteiger partial charge in [-0.2, -0.15) is 0 Å². The summed E-state index contributed by atoms with van der Waals surface area (Å²) in [7, 11) is 1.88. The van der Waals surface area contributed by atoms with Crippen LogP contribution in [0.5, 0.6) is 0 Å². The van der Waals surface area contributed by atoms with Crippen molar-refractivity contribution in [3.05, 3.63) is 104 Å². The Morgan fingerprint density at radius 2 is 1.38 bits per heavy atom. The Kier molecular flexibility index (Phi) is 6.18. The van der Waals surface area contributed by atoms with Crippen molar-refractivity contribution in [2.75, 3.05) is 7.05 Å². The number of halogens is 2. The van der Waals surface area contributed by atoms with Gasteiger partial charge in [0.1, 0.15) is 12.2 Å². The van der Waals surface area contributed by atoms with Crippen molar-refractivity contribution < 1.29 is 9.53 Å². The third-order valence-corrected chi connectivity index (χ3v) is 6.37. The zero-order valence-corrected chi connectivity index (χ0v) is 19.1. The zero-order valence-electron chi connectivity index (χ0n) is 16.0. The topological polar surface area (TPSA) is 29.5 Å². The fourth-order valence-corrected chi connectivity index (χ4v) is 4.34. The summed E-state index contributed by atoms with van der Waals surface area (Å²) in [4.78, 5) is 15.0. The molecule has 3 nitrogen and oxygen atoms in total. The van der Waals surface area contributed by atoms with Gasteiger partial charge >= 0.3 is 0 Å². The first-order valence-electron chi connectivity index (χ1n) is 9.50. The van der Waals surface area contributed by atoms with E-state index in [1.165, 1.54) is 0 Å². The first kappa shape index (κ1) is 20.3. The molecular formula is C24H21Br2NO2. The second kappa shape index (κ2) is 8.82. The summed E-state index contributed by atoms with van der Waals surface area (Å²) < 4.78 is 8.50. The van der Waals surface area contributed by atoms with E-state index in [1.807, 2.05) is 78.7 Å². The number of hydrogen-bond donors (Lipinski definition) is 0. The third-order valence-electron chi connectivity index (χ3n) is 5.31. The minimum atomic E-state index is -0.511. The number of hydrogen-bond acceptors (Lipinski definition) is 2. The standard InChI is InChI=1S/C24H21Br2NO2/c1-27-22(17-7-11-19(25)12-8-17)23(18-9-13-20(26)14-10-18)29-21(24(27)28)15-16-5-3-2-4-6-16/h2-14,21-23H,15H2,1H3/t21-,22?,23?/m0/s1. The van der Waals surface area contributed by atoms with Gasteiger partial charge in [-0.15, -0.1) is 0 Å². The van der Waals surface area contributed by atoms with Gasteiger partial charge in [-0.3, -0.25) is 4.79 Å². The molecule has 1 saturated heterocycles. The molecule has 1 heterocycles. The van der Waals surface area contributed by atoms with Crippen LogP contribution in [-0.2, 0) is 16.0 Å². The number of rotatable bonds is 4. The lowest BCUT2D eigenvalue weighted by Gasteiger charge is -2.43. The van der Waals surface area contributed by atoms with E-state index in [2.05, 4.69) is 44.0 Å². The highest BCUT2D eigenvalue weighted by molar-refractivity contribution is 9.10. The highest BCUT2D eigenvalue weighted by atomic mass is 79.9. The van der Waals surface area contributed by atoms with Gasteiger partial charge in [0.15, 0.2) is 0 Å². The van der Waals surface area contributed by atoms with Crippen LogP contribution in [0.15, 0.2) is 87.8 Å². The molecule has 1 fully saturated rings. The molecule has 3 aromatic rings. The van der Waals surface area contributed by atoms with Crippen molar-refractivity contribution in [1.82, 2.24) is 4.90 Å². The largest absolute Gasteiger partial charge is 0.358 e. The van der Waals surface area contributed by atoms with E-state index in [0.29, 0.717) is 6.42 Å². The molecule has 0 spiro atoms. The van der Waals surface area contributed by atoms with E-state index in [9.17, 15) is 4.79 Å². The second-order valence-corrected chi connectivity index (χ2v) is 9.06. The predicted octanol–water partition coefficient (Wildman–Crippen LogP) is 6.09. The lowest BCUT2D eigenvalue weighted by atomic mass is 9.91. The Hall–Kier alpha value is -1.95. The van der Waals surface area contributed by atoms with Crippen molar-refractivity contribution in [3.63, 3.8) is 0 Å². The van der Waals surface area contributed by atoms with Gasteiger partial charge in [-0.1, -0.05) is 86.5 Å². The quantitative estimate of drug-likeness (QED) is 0.421. The first-order chi connectivity index (χ1) is 14.0. The van der Waals surface area contributed by atoms with Crippen molar-refractivity contribution in [2.24, 2.45) is 0 Å². The van der Waals surface area contributed by atoms with E-state index in [-0.39, 0.29) is 18.1 Å². The van der Waals surface area contributed by atoms with Gasteiger partial charge in [0, 0.05) is 22.4 Å². The molecular weight excluding hydrogens is 494 g/mol. The second-order valence-electron chi connectivity index (χ2n) is 7.23. The van der Waals surface area contributed by atoms with Crippen molar-refractivity contribution in [2.45, 2.75) is 24.7 Å². The molecule has 1 aliphatic rings. The summed E-state index contributed by atoms with van der Waals surface area (Å²) in [5, 5.41) is 0. The maximum atomic E-state index is 13.2. The van der Waals surface area contributed by atoms with E-state index in [4.69, 9.17) is 4.74 Å². The van der Waals surface area contributed by atoms with Crippen molar-refractivity contribution in [1.29, 1.82) is 0 Å². The molecule has 0 aromatic heterocycles. The molecule has 0 saturated carbocycles. The fourth-order valence-electron chi connectivity index (χ4n) is 3.81. The molecule has 29 heavy (non-hydrogen) atoms. The van der Waals surface area contributed by atoms with Crippen LogP contribution in [0.25, 0.3) is 0 Å². The molecule has 2 unspecified atom stereocenters. The Bertz CT molecular complexity index is 974. The van der Waals surface area contributed by atoms with Crippen molar-refractivity contribution in [3.8, 4) is 0 Å². The molecule has 1 amide bonds. The van der Waals surface area contributed by atoms with Crippen LogP contribution in [0, 0.1) is 0 Å². The minimum absolute atomic E-state index is 0.00938. The SMILES string of the molecule is CN1C(=O)[C@H](Cc2ccccc2)OC(c2ccc(Br)cc2)C1c1ccc(Br)cc1. The molecule has 0 radical (unpaired) electrons. The molecule has 3 aromatic carbocycles. The Morgan fingerprint density at radius 3 is 1.97 bits per heavy atom. The number of nitrogens with zero attached hydrogens (tertiary/aromatic N) is 1. The third kappa shape index (κ3) is 4.47. The van der Waals surface area contributed by atoms with Crippen LogP contribution in [0.1, 0.15) is 28.8 Å². The van der Waals surface area contributed by atoms with Gasteiger partial charge < -0.3 is 9.64 Å². The van der Waals surface area contributed by atoms with E-state index < -0.39 is 6.10 Å². The van der Waals surface area contributed by atoms with Crippen molar-refractivity contribution >= 4 is 37.8 Å². The molecule has 4 rings (SSSR count). The molecule has 0 N–H and O–H groups in total. The van der Waals surface area contributed by atoms with Crippen LogP contribution >= 0.6 is 31.9 Å². The van der Waals surface area contributed by atoms with E-state index >= 15 is 0 Å². The summed E-state index contributed by atoms with van der Waals surface area (Å²) in [5.41, 5.74) is 3.20. The summed E-state index contributed by atoms with van der Waals surface area (Å²) in [6.45, 7) is 0. The molecule has 0 bridgehead atoms. The number of carbonyl (C=O) groups excluding carboxylic acids is 1. The smallest absolute Gasteiger partial charge is 0.252 e. The van der Waals surface area contributed by atoms with Gasteiger partial charge in [0.2, 0.25) is 0 Å². The van der Waals surface area contributed by atoms with Gasteiger partial charge in [0.05, 0.1) is 6.04 Å². The lowest BCUT2D eigenvalue weighted by molar-refractivity contribution is -0.171.